The highest BCUT2D eigenvalue weighted by atomic mass is 32.1. The second-order valence-corrected chi connectivity index (χ2v) is 16.3. The van der Waals surface area contributed by atoms with Crippen molar-refractivity contribution in [3.05, 3.63) is 222 Å². The minimum absolute atomic E-state index is 0.0957. The van der Waals surface area contributed by atoms with Crippen LogP contribution in [0.25, 0.3) is 75.5 Å². The van der Waals surface area contributed by atoms with E-state index < -0.39 is 5.41 Å². The molecule has 0 saturated heterocycles. The van der Waals surface area contributed by atoms with Gasteiger partial charge in [-0.25, -0.2) is 0 Å². The molecule has 13 rings (SSSR count). The van der Waals surface area contributed by atoms with E-state index in [0.717, 1.165) is 64.5 Å². The van der Waals surface area contributed by atoms with E-state index in [1.807, 2.05) is 48.5 Å². The fraction of sp³-hybridized carbons (Fsp3) is 0.0182. The Morgan fingerprint density at radius 3 is 1.88 bits per heavy atom. The maximum atomic E-state index is 9.98. The molecule has 0 aliphatic heterocycles. The van der Waals surface area contributed by atoms with E-state index >= 15 is 0 Å². The van der Waals surface area contributed by atoms with Gasteiger partial charge in [-0.15, -0.1) is 11.3 Å². The molecule has 2 heterocycles. The van der Waals surface area contributed by atoms with Crippen LogP contribution in [-0.2, 0) is 5.41 Å². The van der Waals surface area contributed by atoms with Crippen molar-refractivity contribution in [3.63, 3.8) is 0 Å². The fourth-order valence-electron chi connectivity index (χ4n) is 10.2. The van der Waals surface area contributed by atoms with Crippen LogP contribution in [0, 0.1) is 0 Å². The van der Waals surface area contributed by atoms with Crippen molar-refractivity contribution < 1.29 is 9.90 Å². The van der Waals surface area contributed by atoms with Gasteiger partial charge in [-0.2, -0.15) is 0 Å². The van der Waals surface area contributed by atoms with Crippen molar-refractivity contribution in [2.24, 2.45) is 0 Å². The zero-order valence-corrected chi connectivity index (χ0v) is 31.8. The smallest absolute Gasteiger partial charge is 0.137 e. The fourth-order valence-corrected chi connectivity index (χ4v) is 11.3. The van der Waals surface area contributed by atoms with Gasteiger partial charge in [0.05, 0.1) is 22.3 Å². The first-order valence-electron chi connectivity index (χ1n) is 21.6. The van der Waals surface area contributed by atoms with Gasteiger partial charge in [0.2, 0.25) is 0 Å². The molecule has 2 aliphatic rings. The highest BCUT2D eigenvalue weighted by Gasteiger charge is 2.52. The predicted octanol–water partition coefficient (Wildman–Crippen LogP) is 15.4. The number of anilines is 3. The lowest BCUT2D eigenvalue weighted by Crippen LogP contribution is -2.26. The molecule has 1 spiro atoms. The van der Waals surface area contributed by atoms with Gasteiger partial charge < -0.3 is 9.32 Å². The molecule has 9 aromatic carbocycles. The van der Waals surface area contributed by atoms with Crippen LogP contribution < -0.4 is 4.90 Å². The molecule has 0 atom stereocenters. The number of hydrogen-bond donors (Lipinski definition) is 0. The van der Waals surface area contributed by atoms with Crippen LogP contribution in [0.3, 0.4) is 0 Å². The summed E-state index contributed by atoms with van der Waals surface area (Å²) in [6, 6.07) is 60.4. The van der Waals surface area contributed by atoms with E-state index in [-0.39, 0.29) is 24.2 Å². The van der Waals surface area contributed by atoms with Gasteiger partial charge in [0, 0.05) is 53.8 Å². The van der Waals surface area contributed by atoms with Gasteiger partial charge in [-0.3, -0.25) is 0 Å². The largest absolute Gasteiger partial charge is 0.456 e. The molecule has 2 nitrogen and oxygen atoms in total. The maximum absolute atomic E-state index is 9.98. The number of rotatable bonds is 4. The van der Waals surface area contributed by atoms with Crippen LogP contribution in [-0.4, -0.2) is 0 Å². The first kappa shape index (κ1) is 28.2. The molecular weight excluding hydrogens is 723 g/mol. The minimum Gasteiger partial charge on any atom is -0.456 e. The minimum atomic E-state index is -0.622. The average Bonchev–Trinajstić information content (AvgIpc) is 4.05. The summed E-state index contributed by atoms with van der Waals surface area (Å²) in [7, 11) is 0. The molecule has 270 valence electrons. The molecule has 2 aliphatic carbocycles. The second-order valence-electron chi connectivity index (χ2n) is 15.2. The third kappa shape index (κ3) is 4.16. The number of benzene rings is 9. The van der Waals surface area contributed by atoms with Crippen molar-refractivity contribution in [1.29, 1.82) is 0 Å². The standard InChI is InChI=1S/C55H33NOS/c1-7-22-43-35(15-1)36-16-2-8-23-44(36)55(43)45-24-9-3-19-41(45)54-46(55)25-14-27-48(54)56(34-31-32-39-38-18-5-11-28-49(38)57-50(39)33-34)47-26-10-4-17-37(47)40-21-13-30-52-53(40)42-20-6-12-29-51(42)58-52/h1-33H/i4D,10D,17D,26D. The van der Waals surface area contributed by atoms with Crippen LogP contribution in [0.4, 0.5) is 17.1 Å². The Kier molecular flexibility index (Phi) is 5.80. The Labute approximate surface area is 345 Å². The Bertz CT molecular complexity index is 3690. The first-order valence-corrected chi connectivity index (χ1v) is 20.4. The Balaban J connectivity index is 1.19. The van der Waals surface area contributed by atoms with E-state index in [9.17, 15) is 4.11 Å². The molecule has 0 amide bonds. The Morgan fingerprint density at radius 1 is 0.448 bits per heavy atom. The maximum Gasteiger partial charge on any atom is 0.137 e. The van der Waals surface area contributed by atoms with Crippen molar-refractivity contribution in [2.75, 3.05) is 4.90 Å². The number of furan rings is 1. The number of nitrogens with zero attached hydrogens (tertiary/aromatic N) is 1. The molecule has 0 fully saturated rings. The van der Waals surface area contributed by atoms with Crippen molar-refractivity contribution in [3.8, 4) is 33.4 Å². The summed E-state index contributed by atoms with van der Waals surface area (Å²) in [5.74, 6) is 0. The summed E-state index contributed by atoms with van der Waals surface area (Å²) in [4.78, 5) is 2.08. The summed E-state index contributed by atoms with van der Waals surface area (Å²) in [5, 5.41) is 3.99. The van der Waals surface area contributed by atoms with E-state index in [1.54, 1.807) is 11.3 Å². The summed E-state index contributed by atoms with van der Waals surface area (Å²) >= 11 is 1.69. The Morgan fingerprint density at radius 2 is 1.05 bits per heavy atom. The summed E-state index contributed by atoms with van der Waals surface area (Å²) < 4.78 is 47.0. The number of thiophene rings is 1. The predicted molar refractivity (Wildman–Crippen MR) is 243 cm³/mol. The summed E-state index contributed by atoms with van der Waals surface area (Å²) in [6.45, 7) is 0. The van der Waals surface area contributed by atoms with Gasteiger partial charge >= 0.3 is 0 Å². The number of fused-ring (bicyclic) bond motifs is 16. The molecular formula is C55H33NOS. The first-order chi connectivity index (χ1) is 30.4. The molecule has 0 saturated carbocycles. The van der Waals surface area contributed by atoms with Crippen molar-refractivity contribution in [2.45, 2.75) is 5.41 Å². The lowest BCUT2D eigenvalue weighted by atomic mass is 9.70. The second kappa shape index (κ2) is 11.9. The van der Waals surface area contributed by atoms with Crippen LogP contribution in [0.2, 0.25) is 0 Å². The van der Waals surface area contributed by atoms with Crippen molar-refractivity contribution in [1.82, 2.24) is 0 Å². The SMILES string of the molecule is [2H]c1c([2H])c([2H])c(N(c2ccc3c(c2)oc2ccccc23)c2cccc3c2-c2ccccc2C32c3ccccc3-c3ccccc32)c(-c2cccc3sc4ccccc4c23)c1[2H]. The third-order valence-electron chi connectivity index (χ3n) is 12.4. The molecule has 2 aromatic heterocycles. The molecule has 58 heavy (non-hydrogen) atoms. The van der Waals surface area contributed by atoms with Crippen LogP contribution >= 0.6 is 11.3 Å². The van der Waals surface area contributed by atoms with Gasteiger partial charge in [0.1, 0.15) is 11.2 Å². The van der Waals surface area contributed by atoms with E-state index in [0.29, 0.717) is 22.5 Å². The Hall–Kier alpha value is -7.20. The average molecular weight is 760 g/mol. The summed E-state index contributed by atoms with van der Waals surface area (Å²) in [6.07, 6.45) is 0. The van der Waals surface area contributed by atoms with Crippen LogP contribution in [0.15, 0.2) is 205 Å². The van der Waals surface area contributed by atoms with Gasteiger partial charge in [0.25, 0.3) is 0 Å². The zero-order valence-electron chi connectivity index (χ0n) is 35.0. The molecule has 3 heteroatoms. The molecule has 0 radical (unpaired) electrons. The number of hydrogen-bond acceptors (Lipinski definition) is 3. The topological polar surface area (TPSA) is 16.4 Å². The highest BCUT2D eigenvalue weighted by Crippen LogP contribution is 2.65. The summed E-state index contributed by atoms with van der Waals surface area (Å²) in [5.41, 5.74) is 13.2. The molecule has 0 bridgehead atoms. The van der Waals surface area contributed by atoms with E-state index in [2.05, 4.69) is 132 Å². The van der Waals surface area contributed by atoms with Crippen LogP contribution in [0.5, 0.6) is 0 Å². The monoisotopic (exact) mass is 759 g/mol. The quantitative estimate of drug-likeness (QED) is 0.178. The van der Waals surface area contributed by atoms with Gasteiger partial charge in [0.15, 0.2) is 0 Å². The molecule has 0 unspecified atom stereocenters. The van der Waals surface area contributed by atoms with E-state index in [1.165, 1.54) is 27.8 Å². The number of para-hydroxylation sites is 2. The van der Waals surface area contributed by atoms with E-state index in [4.69, 9.17) is 5.79 Å². The normalized spacial score (nSPS) is 14.3. The van der Waals surface area contributed by atoms with Gasteiger partial charge in [-0.05, 0) is 86.9 Å². The highest BCUT2D eigenvalue weighted by molar-refractivity contribution is 7.25. The van der Waals surface area contributed by atoms with Crippen molar-refractivity contribution >= 4 is 70.5 Å². The van der Waals surface area contributed by atoms with Gasteiger partial charge in [-0.1, -0.05) is 152 Å². The zero-order chi connectivity index (χ0) is 41.4. The molecule has 0 N–H and O–H groups in total. The van der Waals surface area contributed by atoms with Crippen LogP contribution in [0.1, 0.15) is 27.7 Å². The lowest BCUT2D eigenvalue weighted by Gasteiger charge is -2.32. The lowest BCUT2D eigenvalue weighted by molar-refractivity contribution is 0.669. The third-order valence-corrected chi connectivity index (χ3v) is 13.6. The molecule has 11 aromatic rings.